The van der Waals surface area contributed by atoms with Crippen LogP contribution in [0.2, 0.25) is 0 Å². The molecule has 150 valence electrons. The Balaban J connectivity index is 1.38. The van der Waals surface area contributed by atoms with Crippen LogP contribution in [0.1, 0.15) is 21.6 Å². The molecule has 0 aliphatic carbocycles. The molecule has 1 aliphatic heterocycles. The van der Waals surface area contributed by atoms with Crippen LogP contribution < -0.4 is 5.32 Å². The summed E-state index contributed by atoms with van der Waals surface area (Å²) in [5.74, 6) is 1.94. The molecule has 1 N–H and O–H groups in total. The van der Waals surface area contributed by atoms with Crippen molar-refractivity contribution in [1.82, 2.24) is 9.88 Å². The average Bonchev–Trinajstić information content (AvgIpc) is 3.41. The molecule has 3 aromatic rings. The standard InChI is InChI=1S/C21H21N3O2S3/c1-14-11-15(21(26)24-6-9-27-10-7-24)4-5-17(14)23-19(25)12-16-13-29-20(22-16)18-3-2-8-28-18/h2-5,8,11,13H,6-7,9-10,12H2,1H3,(H,23,25). The summed E-state index contributed by atoms with van der Waals surface area (Å²) in [4.78, 5) is 32.7. The lowest BCUT2D eigenvalue weighted by Gasteiger charge is -2.26. The molecular formula is C21H21N3O2S3. The third kappa shape index (κ3) is 4.88. The number of hydrogen-bond donors (Lipinski definition) is 1. The first-order valence-electron chi connectivity index (χ1n) is 9.36. The molecular weight excluding hydrogens is 422 g/mol. The molecule has 0 spiro atoms. The highest BCUT2D eigenvalue weighted by atomic mass is 32.2. The van der Waals surface area contributed by atoms with Gasteiger partial charge in [-0.25, -0.2) is 4.98 Å². The van der Waals surface area contributed by atoms with E-state index in [2.05, 4.69) is 10.3 Å². The van der Waals surface area contributed by atoms with Gasteiger partial charge in [0.05, 0.1) is 17.0 Å². The highest BCUT2D eigenvalue weighted by Gasteiger charge is 2.19. The molecule has 3 heterocycles. The monoisotopic (exact) mass is 443 g/mol. The molecule has 1 saturated heterocycles. The van der Waals surface area contributed by atoms with E-state index in [9.17, 15) is 9.59 Å². The van der Waals surface area contributed by atoms with Crippen molar-refractivity contribution in [3.63, 3.8) is 0 Å². The Hall–Kier alpha value is -2.16. The van der Waals surface area contributed by atoms with Gasteiger partial charge in [-0.2, -0.15) is 11.8 Å². The number of hydrogen-bond acceptors (Lipinski definition) is 6. The van der Waals surface area contributed by atoms with E-state index >= 15 is 0 Å². The number of carbonyl (C=O) groups excluding carboxylic acids is 2. The second kappa shape index (κ2) is 9.11. The number of aromatic nitrogens is 1. The first-order chi connectivity index (χ1) is 14.1. The van der Waals surface area contributed by atoms with Crippen molar-refractivity contribution in [2.45, 2.75) is 13.3 Å². The van der Waals surface area contributed by atoms with Crippen LogP contribution in [0.3, 0.4) is 0 Å². The third-order valence-electron chi connectivity index (χ3n) is 4.67. The quantitative estimate of drug-likeness (QED) is 0.628. The number of thiazole rings is 1. The Morgan fingerprint density at radius 1 is 1.17 bits per heavy atom. The van der Waals surface area contributed by atoms with Crippen molar-refractivity contribution >= 4 is 51.9 Å². The van der Waals surface area contributed by atoms with Gasteiger partial charge in [0.2, 0.25) is 5.91 Å². The minimum absolute atomic E-state index is 0.0647. The van der Waals surface area contributed by atoms with Gasteiger partial charge in [0.25, 0.3) is 5.91 Å². The normalized spacial score (nSPS) is 14.0. The highest BCUT2D eigenvalue weighted by molar-refractivity contribution is 7.99. The van der Waals surface area contributed by atoms with E-state index in [0.717, 1.165) is 51.4 Å². The maximum absolute atomic E-state index is 12.6. The van der Waals surface area contributed by atoms with Crippen LogP contribution in [0.5, 0.6) is 0 Å². The van der Waals surface area contributed by atoms with E-state index in [1.54, 1.807) is 28.7 Å². The summed E-state index contributed by atoms with van der Waals surface area (Å²) < 4.78 is 0. The third-order valence-corrected chi connectivity index (χ3v) is 7.54. The predicted molar refractivity (Wildman–Crippen MR) is 122 cm³/mol. The maximum atomic E-state index is 12.6. The number of nitrogens with zero attached hydrogens (tertiary/aromatic N) is 2. The molecule has 0 saturated carbocycles. The minimum atomic E-state index is -0.108. The Bertz CT molecular complexity index is 1010. The van der Waals surface area contributed by atoms with Crippen LogP contribution in [0.25, 0.3) is 9.88 Å². The molecule has 0 radical (unpaired) electrons. The Morgan fingerprint density at radius 3 is 2.72 bits per heavy atom. The number of nitrogens with one attached hydrogen (secondary N) is 1. The van der Waals surface area contributed by atoms with E-state index in [1.165, 1.54) is 0 Å². The Kier molecular flexibility index (Phi) is 6.32. The molecule has 2 amide bonds. The summed E-state index contributed by atoms with van der Waals surface area (Å²) in [6.45, 7) is 3.50. The van der Waals surface area contributed by atoms with E-state index in [1.807, 2.05) is 58.6 Å². The van der Waals surface area contributed by atoms with Gasteiger partial charge in [-0.05, 0) is 42.1 Å². The number of anilines is 1. The van der Waals surface area contributed by atoms with Gasteiger partial charge in [-0.15, -0.1) is 22.7 Å². The second-order valence-electron chi connectivity index (χ2n) is 6.78. The molecule has 29 heavy (non-hydrogen) atoms. The number of thioether (sulfide) groups is 1. The van der Waals surface area contributed by atoms with Crippen molar-refractivity contribution in [2.75, 3.05) is 29.9 Å². The Labute approximate surface area is 182 Å². The van der Waals surface area contributed by atoms with E-state index < -0.39 is 0 Å². The highest BCUT2D eigenvalue weighted by Crippen LogP contribution is 2.28. The van der Waals surface area contributed by atoms with Gasteiger partial charge in [0.15, 0.2) is 0 Å². The van der Waals surface area contributed by atoms with Gasteiger partial charge < -0.3 is 10.2 Å². The number of thiophene rings is 1. The summed E-state index contributed by atoms with van der Waals surface area (Å²) in [5, 5.41) is 7.84. The van der Waals surface area contributed by atoms with Crippen molar-refractivity contribution in [1.29, 1.82) is 0 Å². The van der Waals surface area contributed by atoms with Crippen LogP contribution in [0.4, 0.5) is 5.69 Å². The predicted octanol–water partition coefficient (Wildman–Crippen LogP) is 4.55. The number of carbonyl (C=O) groups is 2. The fourth-order valence-corrected chi connectivity index (χ4v) is 5.68. The van der Waals surface area contributed by atoms with Crippen LogP contribution >= 0.6 is 34.4 Å². The van der Waals surface area contributed by atoms with Crippen LogP contribution in [-0.4, -0.2) is 46.3 Å². The van der Waals surface area contributed by atoms with Crippen molar-refractivity contribution in [2.24, 2.45) is 0 Å². The van der Waals surface area contributed by atoms with Gasteiger partial charge in [0, 0.05) is 41.2 Å². The lowest BCUT2D eigenvalue weighted by atomic mass is 10.1. The molecule has 2 aromatic heterocycles. The molecule has 1 fully saturated rings. The smallest absolute Gasteiger partial charge is 0.253 e. The van der Waals surface area contributed by atoms with Gasteiger partial charge in [-0.3, -0.25) is 9.59 Å². The minimum Gasteiger partial charge on any atom is -0.337 e. The molecule has 1 aromatic carbocycles. The fourth-order valence-electron chi connectivity index (χ4n) is 3.15. The summed E-state index contributed by atoms with van der Waals surface area (Å²) in [7, 11) is 0. The SMILES string of the molecule is Cc1cc(C(=O)N2CCSCC2)ccc1NC(=O)Cc1csc(-c2cccs2)n1. The summed E-state index contributed by atoms with van der Waals surface area (Å²) in [6, 6.07) is 9.50. The second-order valence-corrected chi connectivity index (χ2v) is 9.81. The molecule has 5 nitrogen and oxygen atoms in total. The zero-order chi connectivity index (χ0) is 20.2. The van der Waals surface area contributed by atoms with E-state index in [4.69, 9.17) is 0 Å². The zero-order valence-corrected chi connectivity index (χ0v) is 18.5. The summed E-state index contributed by atoms with van der Waals surface area (Å²) in [6.07, 6.45) is 0.230. The van der Waals surface area contributed by atoms with Gasteiger partial charge >= 0.3 is 0 Å². The largest absolute Gasteiger partial charge is 0.337 e. The molecule has 0 bridgehead atoms. The number of amides is 2. The summed E-state index contributed by atoms with van der Waals surface area (Å²) >= 11 is 5.07. The first kappa shape index (κ1) is 20.1. The van der Waals surface area contributed by atoms with Crippen molar-refractivity contribution in [3.05, 3.63) is 57.9 Å². The molecule has 0 atom stereocenters. The molecule has 1 aliphatic rings. The van der Waals surface area contributed by atoms with Crippen molar-refractivity contribution < 1.29 is 9.59 Å². The topological polar surface area (TPSA) is 62.3 Å². The number of benzene rings is 1. The first-order valence-corrected chi connectivity index (χ1v) is 12.3. The zero-order valence-electron chi connectivity index (χ0n) is 16.0. The van der Waals surface area contributed by atoms with Crippen LogP contribution in [-0.2, 0) is 11.2 Å². The molecule has 4 rings (SSSR count). The van der Waals surface area contributed by atoms with Gasteiger partial charge in [0.1, 0.15) is 5.01 Å². The lowest BCUT2D eigenvalue weighted by Crippen LogP contribution is -2.37. The lowest BCUT2D eigenvalue weighted by molar-refractivity contribution is -0.115. The number of rotatable bonds is 5. The van der Waals surface area contributed by atoms with E-state index in [0.29, 0.717) is 5.56 Å². The van der Waals surface area contributed by atoms with Crippen molar-refractivity contribution in [3.8, 4) is 9.88 Å². The Morgan fingerprint density at radius 2 is 2.00 bits per heavy atom. The maximum Gasteiger partial charge on any atom is 0.253 e. The van der Waals surface area contributed by atoms with Gasteiger partial charge in [-0.1, -0.05) is 6.07 Å². The number of aryl methyl sites for hydroxylation is 1. The summed E-state index contributed by atoms with van der Waals surface area (Å²) in [5.41, 5.74) is 3.05. The average molecular weight is 444 g/mol. The van der Waals surface area contributed by atoms with Crippen LogP contribution in [0, 0.1) is 6.92 Å². The molecule has 0 unspecified atom stereocenters. The molecule has 8 heteroatoms. The fraction of sp³-hybridized carbons (Fsp3) is 0.286. The van der Waals surface area contributed by atoms with E-state index in [-0.39, 0.29) is 18.2 Å². The van der Waals surface area contributed by atoms with Crippen LogP contribution in [0.15, 0.2) is 41.1 Å².